The van der Waals surface area contributed by atoms with Crippen molar-refractivity contribution in [2.24, 2.45) is 0 Å². The number of aromatic nitrogens is 8. The summed E-state index contributed by atoms with van der Waals surface area (Å²) in [5, 5.41) is 11.9. The minimum Gasteiger partial charge on any atom is -0.463 e. The Balaban J connectivity index is 0.000000684. The van der Waals surface area contributed by atoms with Crippen LogP contribution in [0.2, 0.25) is 0 Å². The molecule has 0 aromatic carbocycles. The number of aliphatic hydroxyl groups excluding tert-OH is 1. The third-order valence-electron chi connectivity index (χ3n) is 11.4. The molecule has 4 heterocycles. The van der Waals surface area contributed by atoms with E-state index in [0.717, 1.165) is 0 Å². The van der Waals surface area contributed by atoms with Crippen molar-refractivity contribution in [3.05, 3.63) is 148 Å². The molecule has 2 N–H and O–H groups in total. The number of aryl methyl sites for hydroxylation is 4. The van der Waals surface area contributed by atoms with Gasteiger partial charge in [-0.25, -0.2) is 58.3 Å². The zero-order valence-corrected chi connectivity index (χ0v) is 56.8. The van der Waals surface area contributed by atoms with Crippen LogP contribution in [0.1, 0.15) is 67.2 Å². The summed E-state index contributed by atoms with van der Waals surface area (Å²) in [5.41, 5.74) is 1.32. The maximum Gasteiger partial charge on any atom is 0.508 e. The van der Waals surface area contributed by atoms with Crippen LogP contribution in [-0.4, -0.2) is 213 Å². The first-order valence-electron chi connectivity index (χ1n) is 30.3. The van der Waals surface area contributed by atoms with Gasteiger partial charge < -0.3 is 90.3 Å². The number of carbonyl (C=O) groups excluding carboxylic acids is 12. The Morgan fingerprint density at radius 1 is 0.360 bits per heavy atom. The predicted octanol–water partition coefficient (Wildman–Crippen LogP) is 3.96. The predicted molar refractivity (Wildman–Crippen MR) is 346 cm³/mol. The lowest BCUT2D eigenvalue weighted by molar-refractivity contribution is -0.153. The van der Waals surface area contributed by atoms with Gasteiger partial charge in [-0.1, -0.05) is 39.5 Å². The summed E-state index contributed by atoms with van der Waals surface area (Å²) >= 11 is 0. The summed E-state index contributed by atoms with van der Waals surface area (Å²) in [6.45, 7) is 29.0. The Bertz CT molecular complexity index is 3160. The zero-order valence-electron chi connectivity index (χ0n) is 56.8. The van der Waals surface area contributed by atoms with E-state index in [4.69, 9.17) is 61.6 Å². The summed E-state index contributed by atoms with van der Waals surface area (Å²) < 4.78 is 70.8. The number of esters is 10. The Labute approximate surface area is 576 Å². The molecule has 1 amide bonds. The van der Waals surface area contributed by atoms with Crippen LogP contribution in [0.5, 0.6) is 0 Å². The fourth-order valence-electron chi connectivity index (χ4n) is 6.15. The number of carbonyl (C=O) groups is 12. The van der Waals surface area contributed by atoms with Crippen LogP contribution in [-0.2, 0) is 136 Å². The molecule has 35 heteroatoms. The second kappa shape index (κ2) is 50.8. The van der Waals surface area contributed by atoms with Gasteiger partial charge in [0.1, 0.15) is 78.8 Å². The molecule has 0 saturated heterocycles. The lowest BCUT2D eigenvalue weighted by atomic mass is 10.3. The monoisotopic (exact) mass is 1410 g/mol. The SMILES string of the molecule is C=C(C)C(=O)OCC(O)COC(=O)CCn1ccnc1.C=C(C)C(=O)OCCNC(=O)OC(COC(=O)CCn1ccnc1)COC(=O)C(=C)C.C=C(C)C(=O)OCCOC(=O)CCn1ccnc1.C=C(C)C(=O)OCCOC(=O)OC(COC(=O)CCn1ccnc1)COC(=O)C(=C)C. The minimum atomic E-state index is -1.11. The molecule has 0 spiro atoms. The average molecular weight is 1410 g/mol. The maximum atomic E-state index is 11.9. The smallest absolute Gasteiger partial charge is 0.463 e. The quantitative estimate of drug-likeness (QED) is 0.0275. The normalized spacial score (nSPS) is 10.9. The second-order valence-corrected chi connectivity index (χ2v) is 20.8. The number of ether oxygens (including phenoxy) is 13. The summed E-state index contributed by atoms with van der Waals surface area (Å²) in [7, 11) is 0. The molecule has 4 aromatic heterocycles. The zero-order chi connectivity index (χ0) is 74.8. The standard InChI is InChI=1S/C20H27N3O8.C20H26N2O9.C13H18N2O5.C12H16N2O4/c1-14(2)18(25)28-10-7-22-20(27)31-16(12-30-19(26)15(3)4)11-29-17(24)5-8-23-9-6-21-13-23;1-14(2)18(24)27-9-10-28-20(26)31-16(12-30-19(25)15(3)4)11-29-17(23)5-7-22-8-6-21-13-22;1-10(2)13(18)20-8-11(16)7-19-12(17)3-5-15-6-4-14-9-15;1-10(2)12(16)18-8-7-17-11(15)3-5-14-6-4-13-9-14/h6,9,13,16H,1,3,5,7-8,10-12H2,2,4H3,(H,22,27);6,8,13,16H,1,3,5,7,9-12H2,2,4H3;4,6,9,11,16H,1,3,5,7-8H2,2H3;4,6,9H,1,3,5,7-8H2,2H3. The third kappa shape index (κ3) is 44.3. The van der Waals surface area contributed by atoms with Crippen molar-refractivity contribution in [3.8, 4) is 0 Å². The van der Waals surface area contributed by atoms with E-state index in [-0.39, 0.29) is 139 Å². The highest BCUT2D eigenvalue weighted by Gasteiger charge is 2.23. The second-order valence-electron chi connectivity index (χ2n) is 20.8. The van der Waals surface area contributed by atoms with Crippen LogP contribution in [0.3, 0.4) is 0 Å². The van der Waals surface area contributed by atoms with Crippen molar-refractivity contribution in [3.63, 3.8) is 0 Å². The lowest BCUT2D eigenvalue weighted by Gasteiger charge is -2.18. The number of nitrogens with one attached hydrogen (secondary N) is 1. The minimum absolute atomic E-state index is 0.0131. The Morgan fingerprint density at radius 3 is 0.970 bits per heavy atom. The fourth-order valence-corrected chi connectivity index (χ4v) is 6.15. The fraction of sp³-hybridized carbons (Fsp3) is 0.446. The molecular weight excluding hydrogens is 1320 g/mol. The summed E-state index contributed by atoms with van der Waals surface area (Å²) in [6.07, 6.45) is 15.1. The van der Waals surface area contributed by atoms with Crippen molar-refractivity contribution in [1.29, 1.82) is 0 Å². The summed E-state index contributed by atoms with van der Waals surface area (Å²) in [4.78, 5) is 153. The molecule has 0 aliphatic rings. The van der Waals surface area contributed by atoms with Gasteiger partial charge in [0, 0.05) is 109 Å². The molecule has 0 radical (unpaired) electrons. The molecule has 35 nitrogen and oxygen atoms in total. The van der Waals surface area contributed by atoms with Gasteiger partial charge >= 0.3 is 71.9 Å². The molecule has 0 aliphatic carbocycles. The summed E-state index contributed by atoms with van der Waals surface area (Å²) in [6, 6.07) is 0. The Kier molecular flexibility index (Phi) is 43.9. The van der Waals surface area contributed by atoms with E-state index in [0.29, 0.717) is 31.8 Å². The number of nitrogens with zero attached hydrogens (tertiary/aromatic N) is 8. The molecule has 3 atom stereocenters. The third-order valence-corrected chi connectivity index (χ3v) is 11.4. The van der Waals surface area contributed by atoms with Gasteiger partial charge in [-0.3, -0.25) is 19.2 Å². The number of imidazole rings is 4. The molecule has 0 saturated carbocycles. The van der Waals surface area contributed by atoms with Crippen molar-refractivity contribution in [2.45, 2.75) is 112 Å². The highest BCUT2D eigenvalue weighted by atomic mass is 16.7. The molecule has 4 aromatic rings. The van der Waals surface area contributed by atoms with E-state index in [1.807, 2.05) is 0 Å². The van der Waals surface area contributed by atoms with E-state index in [1.54, 1.807) is 100 Å². The van der Waals surface area contributed by atoms with E-state index in [9.17, 15) is 62.6 Å². The Hall–Kier alpha value is -11.5. The largest absolute Gasteiger partial charge is 0.508 e. The average Bonchev–Trinajstić information content (AvgIpc) is 1.70. The number of alkyl carbamates (subject to hydrolysis) is 1. The van der Waals surface area contributed by atoms with Crippen LogP contribution in [0.4, 0.5) is 9.59 Å². The van der Waals surface area contributed by atoms with Crippen LogP contribution in [0, 0.1) is 0 Å². The van der Waals surface area contributed by atoms with Crippen LogP contribution >= 0.6 is 0 Å². The van der Waals surface area contributed by atoms with Crippen LogP contribution in [0.25, 0.3) is 0 Å². The van der Waals surface area contributed by atoms with Gasteiger partial charge in [-0.2, -0.15) is 0 Å². The highest BCUT2D eigenvalue weighted by molar-refractivity contribution is 5.89. The maximum absolute atomic E-state index is 11.9. The van der Waals surface area contributed by atoms with Gasteiger partial charge in [0.2, 0.25) is 0 Å². The molecular formula is C65H87N9O26. The van der Waals surface area contributed by atoms with Gasteiger partial charge in [0.15, 0.2) is 12.2 Å². The van der Waals surface area contributed by atoms with Crippen molar-refractivity contribution >= 4 is 71.9 Å². The first-order chi connectivity index (χ1) is 47.4. The molecule has 4 rings (SSSR count). The van der Waals surface area contributed by atoms with Crippen molar-refractivity contribution < 1.29 is 124 Å². The number of hydrogen-bond acceptors (Lipinski definition) is 30. The number of hydrogen-bond donors (Lipinski definition) is 2. The van der Waals surface area contributed by atoms with Gasteiger partial charge in [-0.15, -0.1) is 0 Å². The number of aliphatic hydroxyl groups is 1. The van der Waals surface area contributed by atoms with Crippen LogP contribution < -0.4 is 5.32 Å². The van der Waals surface area contributed by atoms with Crippen LogP contribution in [0.15, 0.2) is 148 Å². The Morgan fingerprint density at radius 2 is 0.630 bits per heavy atom. The van der Waals surface area contributed by atoms with Gasteiger partial charge in [0.25, 0.3) is 0 Å². The lowest BCUT2D eigenvalue weighted by Crippen LogP contribution is -2.36. The van der Waals surface area contributed by atoms with Gasteiger partial charge in [0.05, 0.1) is 57.5 Å². The van der Waals surface area contributed by atoms with E-state index in [2.05, 4.69) is 64.7 Å². The topological polar surface area (TPSA) is 428 Å². The molecule has 3 unspecified atom stereocenters. The molecule has 100 heavy (non-hydrogen) atoms. The van der Waals surface area contributed by atoms with Gasteiger partial charge in [-0.05, 0) is 41.5 Å². The first kappa shape index (κ1) is 86.5. The molecule has 0 fully saturated rings. The molecule has 0 aliphatic heterocycles. The first-order valence-corrected chi connectivity index (χ1v) is 30.3. The molecule has 548 valence electrons. The summed E-state index contributed by atoms with van der Waals surface area (Å²) in [5.74, 6) is -5.49. The van der Waals surface area contributed by atoms with E-state index in [1.165, 1.54) is 34.6 Å². The number of amides is 1. The molecule has 0 bridgehead atoms. The van der Waals surface area contributed by atoms with E-state index >= 15 is 0 Å². The highest BCUT2D eigenvalue weighted by Crippen LogP contribution is 2.07. The van der Waals surface area contributed by atoms with Crippen molar-refractivity contribution in [1.82, 2.24) is 43.5 Å². The van der Waals surface area contributed by atoms with E-state index < -0.39 is 84.3 Å². The number of rotatable bonds is 41. The van der Waals surface area contributed by atoms with Crippen molar-refractivity contribution in [2.75, 3.05) is 79.2 Å².